The minimum atomic E-state index is -0.611. The maximum absolute atomic E-state index is 12.9. The van der Waals surface area contributed by atoms with Crippen LogP contribution in [0.3, 0.4) is 0 Å². The summed E-state index contributed by atoms with van der Waals surface area (Å²) in [7, 11) is 0. The van der Waals surface area contributed by atoms with E-state index in [2.05, 4.69) is 15.9 Å². The summed E-state index contributed by atoms with van der Waals surface area (Å²) in [6.07, 6.45) is 1.55. The van der Waals surface area contributed by atoms with Crippen molar-refractivity contribution in [2.75, 3.05) is 0 Å². The fraction of sp³-hybridized carbons (Fsp3) is 0.0435. The van der Waals surface area contributed by atoms with Gasteiger partial charge in [-0.15, -0.1) is 0 Å². The first-order valence-corrected chi connectivity index (χ1v) is 9.18. The number of alkyl halides is 1. The molecule has 26 heavy (non-hydrogen) atoms. The zero-order chi connectivity index (χ0) is 18.4. The lowest BCUT2D eigenvalue weighted by Gasteiger charge is -2.14. The molecular formula is C23H17BrO2. The van der Waals surface area contributed by atoms with Gasteiger partial charge in [0.2, 0.25) is 0 Å². The Balaban J connectivity index is 2.00. The maximum Gasteiger partial charge on any atom is 0.186 e. The van der Waals surface area contributed by atoms with Gasteiger partial charge in [-0.05, 0) is 17.2 Å². The third-order valence-corrected chi connectivity index (χ3v) is 4.92. The van der Waals surface area contributed by atoms with E-state index in [9.17, 15) is 9.59 Å². The van der Waals surface area contributed by atoms with E-state index in [0.717, 1.165) is 5.56 Å². The van der Waals surface area contributed by atoms with Crippen LogP contribution in [0.2, 0.25) is 0 Å². The number of halogens is 1. The molecule has 0 saturated carbocycles. The van der Waals surface area contributed by atoms with Crippen LogP contribution in [-0.2, 0) is 0 Å². The van der Waals surface area contributed by atoms with Gasteiger partial charge in [-0.1, -0.05) is 107 Å². The highest BCUT2D eigenvalue weighted by Crippen LogP contribution is 2.27. The summed E-state index contributed by atoms with van der Waals surface area (Å²) in [5, 5.41) is 0. The first-order valence-electron chi connectivity index (χ1n) is 8.26. The van der Waals surface area contributed by atoms with Crippen LogP contribution in [0.1, 0.15) is 26.3 Å². The molecule has 0 aliphatic heterocycles. The average molecular weight is 405 g/mol. The van der Waals surface area contributed by atoms with Crippen molar-refractivity contribution >= 4 is 33.1 Å². The van der Waals surface area contributed by atoms with Crippen molar-refractivity contribution in [3.05, 3.63) is 114 Å². The van der Waals surface area contributed by atoms with Gasteiger partial charge in [0.05, 0.1) is 0 Å². The Kier molecular flexibility index (Phi) is 5.92. The maximum atomic E-state index is 12.9. The first kappa shape index (κ1) is 18.0. The highest BCUT2D eigenvalue weighted by atomic mass is 79.9. The van der Waals surface area contributed by atoms with Gasteiger partial charge in [0, 0.05) is 11.1 Å². The standard InChI is InChI=1S/C23H17BrO2/c24-22(23(26)19-14-8-3-9-15-19)20(17-10-4-1-5-11-17)16-21(25)18-12-6-2-7-13-18/h1-16,22H/b20-16-. The van der Waals surface area contributed by atoms with Crippen molar-refractivity contribution < 1.29 is 9.59 Å². The Hall–Kier alpha value is -2.78. The van der Waals surface area contributed by atoms with Crippen LogP contribution in [0.25, 0.3) is 5.57 Å². The number of rotatable bonds is 6. The lowest BCUT2D eigenvalue weighted by Crippen LogP contribution is -2.17. The zero-order valence-corrected chi connectivity index (χ0v) is 15.6. The van der Waals surface area contributed by atoms with Crippen LogP contribution in [0.15, 0.2) is 97.1 Å². The summed E-state index contributed by atoms with van der Waals surface area (Å²) in [6.45, 7) is 0. The Morgan fingerprint density at radius 1 is 0.654 bits per heavy atom. The van der Waals surface area contributed by atoms with Gasteiger partial charge in [0.15, 0.2) is 11.6 Å². The van der Waals surface area contributed by atoms with Gasteiger partial charge in [-0.2, -0.15) is 0 Å². The molecular weight excluding hydrogens is 388 g/mol. The van der Waals surface area contributed by atoms with Gasteiger partial charge in [-0.25, -0.2) is 0 Å². The fourth-order valence-electron chi connectivity index (χ4n) is 2.65. The molecule has 1 unspecified atom stereocenters. The van der Waals surface area contributed by atoms with Crippen molar-refractivity contribution in [1.82, 2.24) is 0 Å². The number of carbonyl (C=O) groups is 2. The number of carbonyl (C=O) groups excluding carboxylic acids is 2. The monoisotopic (exact) mass is 404 g/mol. The zero-order valence-electron chi connectivity index (χ0n) is 14.0. The fourth-order valence-corrected chi connectivity index (χ4v) is 3.31. The number of hydrogen-bond donors (Lipinski definition) is 0. The molecule has 0 fully saturated rings. The minimum Gasteiger partial charge on any atom is -0.293 e. The van der Waals surface area contributed by atoms with Crippen molar-refractivity contribution in [3.8, 4) is 0 Å². The molecule has 1 atom stereocenters. The molecule has 0 saturated heterocycles. The highest BCUT2D eigenvalue weighted by Gasteiger charge is 2.23. The van der Waals surface area contributed by atoms with Crippen molar-refractivity contribution in [2.45, 2.75) is 4.83 Å². The lowest BCUT2D eigenvalue weighted by atomic mass is 9.95. The van der Waals surface area contributed by atoms with Gasteiger partial charge in [-0.3, -0.25) is 9.59 Å². The number of Topliss-reactive ketones (excluding diaryl/α,β-unsaturated/α-hetero) is 1. The quantitative estimate of drug-likeness (QED) is 0.304. The number of allylic oxidation sites excluding steroid dienone is 2. The van der Waals surface area contributed by atoms with E-state index in [0.29, 0.717) is 16.7 Å². The number of benzene rings is 3. The summed E-state index contributed by atoms with van der Waals surface area (Å²) in [4.78, 5) is 25.0. The molecule has 0 spiro atoms. The summed E-state index contributed by atoms with van der Waals surface area (Å²) in [6, 6.07) is 27.6. The third kappa shape index (κ3) is 4.24. The molecule has 0 bridgehead atoms. The Morgan fingerprint density at radius 3 is 1.58 bits per heavy atom. The summed E-state index contributed by atoms with van der Waals surface area (Å²) < 4.78 is 0. The number of hydrogen-bond acceptors (Lipinski definition) is 2. The van der Waals surface area contributed by atoms with Crippen LogP contribution >= 0.6 is 15.9 Å². The molecule has 0 aromatic heterocycles. The molecule has 0 N–H and O–H groups in total. The SMILES string of the molecule is O=C(/C=C(/c1ccccc1)C(Br)C(=O)c1ccccc1)c1ccccc1. The largest absolute Gasteiger partial charge is 0.293 e. The van der Waals surface area contributed by atoms with E-state index in [1.165, 1.54) is 0 Å². The Morgan fingerprint density at radius 2 is 1.08 bits per heavy atom. The molecule has 0 aliphatic rings. The van der Waals surface area contributed by atoms with E-state index in [1.807, 2.05) is 66.7 Å². The first-order chi connectivity index (χ1) is 12.7. The smallest absolute Gasteiger partial charge is 0.186 e. The second-order valence-electron chi connectivity index (χ2n) is 5.79. The topological polar surface area (TPSA) is 34.1 Å². The van der Waals surface area contributed by atoms with Gasteiger partial charge >= 0.3 is 0 Å². The van der Waals surface area contributed by atoms with Crippen molar-refractivity contribution in [2.24, 2.45) is 0 Å². The highest BCUT2D eigenvalue weighted by molar-refractivity contribution is 9.10. The summed E-state index contributed by atoms with van der Waals surface area (Å²) >= 11 is 3.51. The predicted octanol–water partition coefficient (Wildman–Crippen LogP) is 5.60. The average Bonchev–Trinajstić information content (AvgIpc) is 2.72. The molecule has 3 aromatic carbocycles. The van der Waals surface area contributed by atoms with E-state index < -0.39 is 4.83 Å². The lowest BCUT2D eigenvalue weighted by molar-refractivity contribution is 0.100. The summed E-state index contributed by atoms with van der Waals surface area (Å²) in [5.41, 5.74) is 2.67. The molecule has 3 heteroatoms. The van der Waals surface area contributed by atoms with Crippen LogP contribution in [0, 0.1) is 0 Å². The molecule has 2 nitrogen and oxygen atoms in total. The van der Waals surface area contributed by atoms with Crippen LogP contribution < -0.4 is 0 Å². The molecule has 0 radical (unpaired) electrons. The molecule has 0 heterocycles. The Bertz CT molecular complexity index is 916. The van der Waals surface area contributed by atoms with Gasteiger partial charge in [0.25, 0.3) is 0 Å². The van der Waals surface area contributed by atoms with Crippen LogP contribution in [0.5, 0.6) is 0 Å². The van der Waals surface area contributed by atoms with Crippen LogP contribution in [0.4, 0.5) is 0 Å². The number of ketones is 2. The molecule has 0 aliphatic carbocycles. The summed E-state index contributed by atoms with van der Waals surface area (Å²) in [5.74, 6) is -0.212. The van der Waals surface area contributed by atoms with Gasteiger partial charge in [0.1, 0.15) is 4.83 Å². The minimum absolute atomic E-state index is 0.0819. The molecule has 128 valence electrons. The Labute approximate surface area is 161 Å². The van der Waals surface area contributed by atoms with E-state index in [4.69, 9.17) is 0 Å². The van der Waals surface area contributed by atoms with Gasteiger partial charge < -0.3 is 0 Å². The normalized spacial score (nSPS) is 12.4. The van der Waals surface area contributed by atoms with Crippen molar-refractivity contribution in [3.63, 3.8) is 0 Å². The van der Waals surface area contributed by atoms with Crippen LogP contribution in [-0.4, -0.2) is 16.4 Å². The second kappa shape index (κ2) is 8.54. The third-order valence-electron chi connectivity index (χ3n) is 4.01. The van der Waals surface area contributed by atoms with E-state index >= 15 is 0 Å². The second-order valence-corrected chi connectivity index (χ2v) is 6.70. The predicted molar refractivity (Wildman–Crippen MR) is 109 cm³/mol. The van der Waals surface area contributed by atoms with E-state index in [1.54, 1.807) is 30.3 Å². The van der Waals surface area contributed by atoms with E-state index in [-0.39, 0.29) is 11.6 Å². The molecule has 3 rings (SSSR count). The van der Waals surface area contributed by atoms with Crippen molar-refractivity contribution in [1.29, 1.82) is 0 Å². The molecule has 3 aromatic rings. The molecule has 0 amide bonds.